The first kappa shape index (κ1) is 11.1. The molecule has 1 aliphatic rings. The number of ether oxygens (including phenoxy) is 1. The highest BCUT2D eigenvalue weighted by Crippen LogP contribution is 2.36. The van der Waals surface area contributed by atoms with Gasteiger partial charge in [0.05, 0.1) is 12.2 Å². The van der Waals surface area contributed by atoms with Crippen LogP contribution in [0.3, 0.4) is 0 Å². The molecule has 2 N–H and O–H groups in total. The van der Waals surface area contributed by atoms with Gasteiger partial charge in [-0.05, 0) is 18.6 Å². The lowest BCUT2D eigenvalue weighted by molar-refractivity contribution is 0.307. The fourth-order valence-electron chi connectivity index (χ4n) is 2.15. The summed E-state index contributed by atoms with van der Waals surface area (Å²) in [5.74, 6) is 0.933. The van der Waals surface area contributed by atoms with Gasteiger partial charge in [0, 0.05) is 6.54 Å². The largest absolute Gasteiger partial charge is 0.489 e. The number of hydrogen-bond acceptors (Lipinski definition) is 3. The van der Waals surface area contributed by atoms with Gasteiger partial charge in [-0.1, -0.05) is 25.8 Å². The van der Waals surface area contributed by atoms with Crippen molar-refractivity contribution >= 4 is 11.4 Å². The van der Waals surface area contributed by atoms with Crippen LogP contribution in [0, 0.1) is 0 Å². The van der Waals surface area contributed by atoms with E-state index in [-0.39, 0.29) is 0 Å². The quantitative estimate of drug-likeness (QED) is 0.626. The van der Waals surface area contributed by atoms with E-state index in [4.69, 9.17) is 10.5 Å². The molecule has 1 aromatic rings. The first-order valence-corrected chi connectivity index (χ1v) is 6.09. The number of anilines is 2. The lowest BCUT2D eigenvalue weighted by Crippen LogP contribution is -2.34. The molecule has 0 aliphatic carbocycles. The minimum atomic E-state index is 0.766. The summed E-state index contributed by atoms with van der Waals surface area (Å²) in [5, 5.41) is 0. The van der Waals surface area contributed by atoms with Gasteiger partial charge in [-0.3, -0.25) is 0 Å². The Hall–Kier alpha value is -1.38. The first-order valence-electron chi connectivity index (χ1n) is 6.09. The minimum Gasteiger partial charge on any atom is -0.489 e. The van der Waals surface area contributed by atoms with E-state index in [0.29, 0.717) is 0 Å². The standard InChI is InChI=1S/C13H20N2O/c1-2-3-4-8-15-9-10-16-12-7-5-6-11(14)13(12)15/h5-7H,2-4,8-10,14H2,1H3. The molecule has 0 aromatic heterocycles. The second-order valence-corrected chi connectivity index (χ2v) is 4.24. The molecule has 1 heterocycles. The molecule has 3 heteroatoms. The van der Waals surface area contributed by atoms with Crippen molar-refractivity contribution in [3.63, 3.8) is 0 Å². The summed E-state index contributed by atoms with van der Waals surface area (Å²) < 4.78 is 5.62. The van der Waals surface area contributed by atoms with Gasteiger partial charge in [0.2, 0.25) is 0 Å². The molecule has 0 spiro atoms. The van der Waals surface area contributed by atoms with Gasteiger partial charge >= 0.3 is 0 Å². The predicted octanol–water partition coefficient (Wildman–Crippen LogP) is 2.66. The fourth-order valence-corrected chi connectivity index (χ4v) is 2.15. The number of unbranched alkanes of at least 4 members (excludes halogenated alkanes) is 2. The van der Waals surface area contributed by atoms with Crippen molar-refractivity contribution in [2.45, 2.75) is 26.2 Å². The van der Waals surface area contributed by atoms with E-state index in [1.54, 1.807) is 0 Å². The third-order valence-electron chi connectivity index (χ3n) is 3.00. The molecule has 0 bridgehead atoms. The Kier molecular flexibility index (Phi) is 3.54. The van der Waals surface area contributed by atoms with E-state index < -0.39 is 0 Å². The topological polar surface area (TPSA) is 38.5 Å². The maximum absolute atomic E-state index is 6.01. The number of rotatable bonds is 4. The van der Waals surface area contributed by atoms with E-state index in [1.165, 1.54) is 19.3 Å². The maximum atomic E-state index is 6.01. The van der Waals surface area contributed by atoms with Crippen molar-refractivity contribution in [2.75, 3.05) is 30.3 Å². The smallest absolute Gasteiger partial charge is 0.144 e. The molecule has 0 unspecified atom stereocenters. The van der Waals surface area contributed by atoms with E-state index in [2.05, 4.69) is 11.8 Å². The number of fused-ring (bicyclic) bond motifs is 1. The lowest BCUT2D eigenvalue weighted by Gasteiger charge is -2.32. The monoisotopic (exact) mass is 220 g/mol. The molecule has 1 aliphatic heterocycles. The van der Waals surface area contributed by atoms with Crippen LogP contribution in [-0.4, -0.2) is 19.7 Å². The molecular formula is C13H20N2O. The highest BCUT2D eigenvalue weighted by Gasteiger charge is 2.19. The maximum Gasteiger partial charge on any atom is 0.144 e. The third-order valence-corrected chi connectivity index (χ3v) is 3.00. The summed E-state index contributed by atoms with van der Waals surface area (Å²) >= 11 is 0. The molecule has 88 valence electrons. The number of nitrogens with two attached hydrogens (primary N) is 1. The molecule has 2 rings (SSSR count). The van der Waals surface area contributed by atoms with Crippen molar-refractivity contribution in [2.24, 2.45) is 0 Å². The van der Waals surface area contributed by atoms with Gasteiger partial charge in [0.25, 0.3) is 0 Å². The van der Waals surface area contributed by atoms with E-state index >= 15 is 0 Å². The number of hydrogen-bond donors (Lipinski definition) is 1. The first-order chi connectivity index (χ1) is 7.83. The van der Waals surface area contributed by atoms with Crippen LogP contribution in [0.15, 0.2) is 18.2 Å². The lowest BCUT2D eigenvalue weighted by atomic mass is 10.1. The number of nitrogens with zero attached hydrogens (tertiary/aromatic N) is 1. The highest BCUT2D eigenvalue weighted by molar-refractivity contribution is 5.75. The van der Waals surface area contributed by atoms with E-state index in [0.717, 1.165) is 36.8 Å². The van der Waals surface area contributed by atoms with Gasteiger partial charge in [-0.15, -0.1) is 0 Å². The molecule has 0 radical (unpaired) electrons. The summed E-state index contributed by atoms with van der Waals surface area (Å²) in [7, 11) is 0. The third kappa shape index (κ3) is 2.23. The normalized spacial score (nSPS) is 14.4. The molecular weight excluding hydrogens is 200 g/mol. The second-order valence-electron chi connectivity index (χ2n) is 4.24. The van der Waals surface area contributed by atoms with E-state index in [1.807, 2.05) is 18.2 Å². The molecule has 16 heavy (non-hydrogen) atoms. The second kappa shape index (κ2) is 5.10. The Morgan fingerprint density at radius 1 is 1.38 bits per heavy atom. The Bertz CT molecular complexity index is 352. The Morgan fingerprint density at radius 2 is 2.25 bits per heavy atom. The van der Waals surface area contributed by atoms with Crippen LogP contribution in [0.5, 0.6) is 5.75 Å². The highest BCUT2D eigenvalue weighted by atomic mass is 16.5. The SMILES string of the molecule is CCCCCN1CCOc2cccc(N)c21. The summed E-state index contributed by atoms with van der Waals surface area (Å²) in [6, 6.07) is 5.89. The van der Waals surface area contributed by atoms with Gasteiger partial charge in [-0.25, -0.2) is 0 Å². The zero-order valence-electron chi connectivity index (χ0n) is 9.91. The molecule has 0 saturated heterocycles. The van der Waals surface area contributed by atoms with E-state index in [9.17, 15) is 0 Å². The molecule has 3 nitrogen and oxygen atoms in total. The van der Waals surface area contributed by atoms with Crippen LogP contribution in [0.1, 0.15) is 26.2 Å². The summed E-state index contributed by atoms with van der Waals surface area (Å²) in [6.45, 7) is 5.02. The molecule has 1 aromatic carbocycles. The molecule has 0 fully saturated rings. The van der Waals surface area contributed by atoms with Crippen LogP contribution in [0.25, 0.3) is 0 Å². The van der Waals surface area contributed by atoms with Crippen molar-refractivity contribution in [3.05, 3.63) is 18.2 Å². The van der Waals surface area contributed by atoms with Gasteiger partial charge in [0.1, 0.15) is 18.0 Å². The zero-order chi connectivity index (χ0) is 11.4. The van der Waals surface area contributed by atoms with Crippen LogP contribution < -0.4 is 15.4 Å². The van der Waals surface area contributed by atoms with Gasteiger partial charge in [-0.2, -0.15) is 0 Å². The number of nitrogen functional groups attached to an aromatic ring is 1. The Balaban J connectivity index is 2.12. The van der Waals surface area contributed by atoms with Crippen LogP contribution in [0.2, 0.25) is 0 Å². The van der Waals surface area contributed by atoms with Crippen LogP contribution in [0.4, 0.5) is 11.4 Å². The molecule has 0 saturated carbocycles. The van der Waals surface area contributed by atoms with Crippen molar-refractivity contribution in [1.82, 2.24) is 0 Å². The molecule has 0 atom stereocenters. The minimum absolute atomic E-state index is 0.766. The number of para-hydroxylation sites is 1. The van der Waals surface area contributed by atoms with Crippen LogP contribution in [-0.2, 0) is 0 Å². The van der Waals surface area contributed by atoms with Gasteiger partial charge in [0.15, 0.2) is 0 Å². The molecule has 0 amide bonds. The van der Waals surface area contributed by atoms with Crippen molar-refractivity contribution < 1.29 is 4.74 Å². The Labute approximate surface area is 97.2 Å². The van der Waals surface area contributed by atoms with Crippen LogP contribution >= 0.6 is 0 Å². The average Bonchev–Trinajstić information content (AvgIpc) is 2.30. The summed E-state index contributed by atoms with van der Waals surface area (Å²) in [4.78, 5) is 2.35. The zero-order valence-corrected chi connectivity index (χ0v) is 9.91. The average molecular weight is 220 g/mol. The summed E-state index contributed by atoms with van der Waals surface area (Å²) in [5.41, 5.74) is 7.93. The number of benzene rings is 1. The predicted molar refractivity (Wildman–Crippen MR) is 68.1 cm³/mol. The van der Waals surface area contributed by atoms with Gasteiger partial charge < -0.3 is 15.4 Å². The fraction of sp³-hybridized carbons (Fsp3) is 0.538. The Morgan fingerprint density at radius 3 is 3.06 bits per heavy atom. The van der Waals surface area contributed by atoms with Crippen molar-refractivity contribution in [1.29, 1.82) is 0 Å². The summed E-state index contributed by atoms with van der Waals surface area (Å²) in [6.07, 6.45) is 3.76. The van der Waals surface area contributed by atoms with Crippen molar-refractivity contribution in [3.8, 4) is 5.75 Å².